The van der Waals surface area contributed by atoms with Crippen LogP contribution in [0.4, 0.5) is 0 Å². The summed E-state index contributed by atoms with van der Waals surface area (Å²) in [4.78, 5) is 19.8. The fourth-order valence-corrected chi connectivity index (χ4v) is 37.2. The van der Waals surface area contributed by atoms with Crippen molar-refractivity contribution in [2.75, 3.05) is 0 Å². The summed E-state index contributed by atoms with van der Waals surface area (Å²) in [6.45, 7) is 9.49. The van der Waals surface area contributed by atoms with E-state index in [0.29, 0.717) is 0 Å². The van der Waals surface area contributed by atoms with Gasteiger partial charge in [0, 0.05) is 0 Å². The van der Waals surface area contributed by atoms with Gasteiger partial charge < -0.3 is 0 Å². The molecule has 3 aromatic rings. The predicted octanol–water partition coefficient (Wildman–Crippen LogP) is 15.8. The van der Waals surface area contributed by atoms with Crippen LogP contribution in [0.5, 0.6) is 0 Å². The maximum atomic E-state index is 3.01. The Kier molecular flexibility index (Phi) is 20.8. The molecule has 0 fully saturated rings. The number of hydrogen-bond acceptors (Lipinski definition) is 2. The quantitative estimate of drug-likeness (QED) is 0.0445. The summed E-state index contributed by atoms with van der Waals surface area (Å²) in [5, 5.41) is 7.74. The van der Waals surface area contributed by atoms with Crippen molar-refractivity contribution in [2.45, 2.75) is 242 Å². The van der Waals surface area contributed by atoms with E-state index in [0.717, 1.165) is 0 Å². The van der Waals surface area contributed by atoms with Gasteiger partial charge in [-0.25, -0.2) is 0 Å². The molecule has 0 N–H and O–H groups in total. The molecule has 0 nitrogen and oxygen atoms in total. The van der Waals surface area contributed by atoms with Gasteiger partial charge in [0.2, 0.25) is 0 Å². The first-order valence-electron chi connectivity index (χ1n) is 25.9. The minimum atomic E-state index is -2.28. The van der Waals surface area contributed by atoms with Crippen molar-refractivity contribution >= 4 is 102 Å². The number of hydrogen-bond donors (Lipinski definition) is 0. The summed E-state index contributed by atoms with van der Waals surface area (Å²) >= 11 is 0.0865. The van der Waals surface area contributed by atoms with Crippen molar-refractivity contribution in [1.82, 2.24) is 0 Å². The Labute approximate surface area is 385 Å². The van der Waals surface area contributed by atoms with Crippen LogP contribution in [-0.4, -0.2) is 52.9 Å². The third-order valence-electron chi connectivity index (χ3n) is 14.7. The second-order valence-corrected chi connectivity index (χ2v) is 63.2. The van der Waals surface area contributed by atoms with Gasteiger partial charge in [0.15, 0.2) is 0 Å². The number of benzene rings is 1. The molecule has 1 unspecified atom stereocenters. The van der Waals surface area contributed by atoms with E-state index in [1.54, 1.807) is 20.9 Å². The van der Waals surface area contributed by atoms with Gasteiger partial charge in [0.25, 0.3) is 0 Å². The standard InChI is InChI=1S/C47H74S2Si2.6CH3.2Sn/c1-5-9-13-17-21-25-29-37-51(36-28-24-20-16-12-8-4)43-31-33-49-47(43)41-38-44-40(39-45(41)51)46-42(30-32-48-46)50(44,34-26-22-18-14-10-6-2)35-27-23-19-15-11-7-3;;;;;;;;/h30-31,38-39H,5-29,34-37H2,1-4H3;6*1H3;;. The SMILES string of the molecule is CCCCCCCCC[Si]1(CCCCCCCC)c2cc3c(cc2-c2s[c]([Sn]([CH3])([CH3])[CH3])cc21)[Si](CCCCCCCC)(CCCCCCCC)c1c[c]([Sn]([CH3])([CH3])[CH3])sc1-3. The average molecular weight is 1090 g/mol. The Morgan fingerprint density at radius 2 is 0.593 bits per heavy atom. The van der Waals surface area contributed by atoms with E-state index in [9.17, 15) is 0 Å². The van der Waals surface area contributed by atoms with Crippen LogP contribution in [0.2, 0.25) is 53.8 Å². The number of thiophene rings is 2. The predicted molar refractivity (Wildman–Crippen MR) is 286 cm³/mol. The molecule has 332 valence electrons. The van der Waals surface area contributed by atoms with Gasteiger partial charge >= 0.3 is 382 Å². The fraction of sp³-hybridized carbons (Fsp3) is 0.736. The Hall–Kier alpha value is 0.651. The van der Waals surface area contributed by atoms with E-state index >= 15 is 0 Å². The summed E-state index contributed by atoms with van der Waals surface area (Å²) in [5.74, 6) is 0. The summed E-state index contributed by atoms with van der Waals surface area (Å²) in [7, 11) is -3.85. The molecular weight excluding hydrogens is 994 g/mol. The van der Waals surface area contributed by atoms with Gasteiger partial charge in [-0.3, -0.25) is 0 Å². The van der Waals surface area contributed by atoms with Crippen molar-refractivity contribution in [3.05, 3.63) is 24.3 Å². The van der Waals surface area contributed by atoms with Gasteiger partial charge in [0.05, 0.1) is 0 Å². The normalized spacial score (nSPS) is 16.8. The molecule has 2 aliphatic rings. The molecule has 1 aromatic carbocycles. The Balaban J connectivity index is 1.65. The van der Waals surface area contributed by atoms with Crippen molar-refractivity contribution < 1.29 is 0 Å². The zero-order valence-corrected chi connectivity index (χ0v) is 50.0. The van der Waals surface area contributed by atoms with Crippen LogP contribution < -0.4 is 26.5 Å². The summed E-state index contributed by atoms with van der Waals surface area (Å²) in [5.41, 5.74) is 3.58. The molecule has 5 rings (SSSR count). The Morgan fingerprint density at radius 3 is 0.847 bits per heavy atom. The molecule has 0 saturated heterocycles. The minimum absolute atomic E-state index is 1.35. The van der Waals surface area contributed by atoms with Crippen LogP contribution in [0, 0.1) is 0 Å². The third kappa shape index (κ3) is 12.7. The topological polar surface area (TPSA) is 0 Å². The van der Waals surface area contributed by atoms with E-state index in [1.807, 2.05) is 26.5 Å². The van der Waals surface area contributed by atoms with Crippen LogP contribution in [0.1, 0.15) is 188 Å². The van der Waals surface area contributed by atoms with Gasteiger partial charge in [-0.05, 0) is 0 Å². The maximum absolute atomic E-state index is 3.01. The number of unbranched alkanes of at least 4 members (excludes halogenated alkanes) is 21. The van der Waals surface area contributed by atoms with Gasteiger partial charge in [0.1, 0.15) is 0 Å². The van der Waals surface area contributed by atoms with Gasteiger partial charge in [-0.15, -0.1) is 0 Å². The van der Waals surface area contributed by atoms with E-state index in [2.05, 4.69) is 104 Å². The summed E-state index contributed by atoms with van der Waals surface area (Å²) in [6, 6.07) is 17.9. The molecule has 1 atom stereocenters. The summed E-state index contributed by atoms with van der Waals surface area (Å²) in [6.07, 6.45) is 35.6. The number of rotatable bonds is 31. The van der Waals surface area contributed by atoms with Crippen molar-refractivity contribution in [3.63, 3.8) is 0 Å². The van der Waals surface area contributed by atoms with E-state index in [4.69, 9.17) is 0 Å². The van der Waals surface area contributed by atoms with Crippen molar-refractivity contribution in [2.24, 2.45) is 0 Å². The second-order valence-electron chi connectivity index (χ2n) is 21.7. The molecule has 0 radical (unpaired) electrons. The molecule has 0 saturated carbocycles. The molecule has 59 heavy (non-hydrogen) atoms. The first-order valence-corrected chi connectivity index (χ1v) is 52.3. The Bertz CT molecular complexity index is 1690. The monoisotopic (exact) mass is 1090 g/mol. The molecule has 6 heteroatoms. The van der Waals surface area contributed by atoms with Crippen molar-refractivity contribution in [1.29, 1.82) is 0 Å². The molecule has 0 aliphatic carbocycles. The molecule has 4 heterocycles. The average Bonchev–Trinajstić information content (AvgIpc) is 3.96. The molecule has 0 bridgehead atoms. The number of fused-ring (bicyclic) bond motifs is 6. The molecule has 2 aliphatic heterocycles. The van der Waals surface area contributed by atoms with Gasteiger partial charge in [-0.2, -0.15) is 0 Å². The van der Waals surface area contributed by atoms with Crippen molar-refractivity contribution in [3.8, 4) is 20.9 Å². The van der Waals surface area contributed by atoms with E-state index < -0.39 is 52.9 Å². The first kappa shape index (κ1) is 50.6. The zero-order valence-electron chi connectivity index (χ0n) is 40.6. The van der Waals surface area contributed by atoms with Crippen LogP contribution in [0.25, 0.3) is 20.9 Å². The molecule has 2 aromatic heterocycles. The third-order valence-corrected chi connectivity index (χ3v) is 46.9. The van der Waals surface area contributed by atoms with Gasteiger partial charge in [-0.1, -0.05) is 6.92 Å². The van der Waals surface area contributed by atoms with Crippen LogP contribution in [-0.2, 0) is 0 Å². The van der Waals surface area contributed by atoms with Crippen LogP contribution >= 0.6 is 22.7 Å². The second kappa shape index (κ2) is 24.3. The molecule has 0 amide bonds. The van der Waals surface area contributed by atoms with E-state index in [1.165, 1.54) is 185 Å². The molecular formula is C53H92S2Si2Sn2. The molecule has 0 spiro atoms. The zero-order chi connectivity index (χ0) is 42.5. The Morgan fingerprint density at radius 1 is 0.339 bits per heavy atom. The first-order chi connectivity index (χ1) is 28.4. The van der Waals surface area contributed by atoms with E-state index in [-0.39, 0.29) is 0 Å². The fourth-order valence-electron chi connectivity index (χ4n) is 11.0. The van der Waals surface area contributed by atoms with Crippen LogP contribution in [0.15, 0.2) is 24.3 Å². The van der Waals surface area contributed by atoms with Crippen LogP contribution in [0.3, 0.4) is 0 Å². The summed E-state index contributed by atoms with van der Waals surface area (Å²) < 4.78 is 3.72.